The molecule has 1 atom stereocenters. The maximum atomic E-state index is 12.3. The van der Waals surface area contributed by atoms with Gasteiger partial charge < -0.3 is 10.1 Å². The molecule has 2 aromatic rings. The number of anilines is 1. The third-order valence-electron chi connectivity index (χ3n) is 3.36. The number of hydrogen-bond acceptors (Lipinski definition) is 4. The van der Waals surface area contributed by atoms with Crippen LogP contribution in [0.2, 0.25) is 0 Å². The lowest BCUT2D eigenvalue weighted by Gasteiger charge is -2.17. The third-order valence-corrected chi connectivity index (χ3v) is 3.36. The first-order valence-electron chi connectivity index (χ1n) is 7.29. The number of nitrogens with one attached hydrogen (secondary N) is 1. The van der Waals surface area contributed by atoms with Crippen LogP contribution in [0.4, 0.5) is 11.4 Å². The minimum Gasteiger partial charge on any atom is -0.481 e. The van der Waals surface area contributed by atoms with E-state index in [0.29, 0.717) is 23.4 Å². The number of ether oxygens (including phenoxy) is 1. The predicted molar refractivity (Wildman–Crippen MR) is 87.6 cm³/mol. The molecule has 0 spiro atoms. The van der Waals surface area contributed by atoms with Gasteiger partial charge in [-0.3, -0.25) is 14.9 Å². The SMILES string of the molecule is CC[C@H](Oc1ccccc1)C(=O)Nc1ccc(C)c([N+](=O)[O-])c1. The number of nitro groups is 1. The van der Waals surface area contributed by atoms with E-state index in [1.165, 1.54) is 6.07 Å². The minimum absolute atomic E-state index is 0.0279. The number of aryl methyl sites for hydroxylation is 1. The fraction of sp³-hybridized carbons (Fsp3) is 0.235. The molecule has 6 heteroatoms. The molecule has 0 saturated carbocycles. The average Bonchev–Trinajstić information content (AvgIpc) is 2.55. The third kappa shape index (κ3) is 4.29. The highest BCUT2D eigenvalue weighted by Gasteiger charge is 2.20. The number of nitro benzene ring substituents is 1. The summed E-state index contributed by atoms with van der Waals surface area (Å²) in [5.41, 5.74) is 0.891. The summed E-state index contributed by atoms with van der Waals surface area (Å²) in [4.78, 5) is 22.8. The van der Waals surface area contributed by atoms with E-state index in [4.69, 9.17) is 4.74 Å². The Bertz CT molecular complexity index is 701. The minimum atomic E-state index is -0.669. The van der Waals surface area contributed by atoms with Crippen molar-refractivity contribution in [2.24, 2.45) is 0 Å². The van der Waals surface area contributed by atoms with Gasteiger partial charge in [0.15, 0.2) is 6.10 Å². The number of nitrogens with zero attached hydrogens (tertiary/aromatic N) is 1. The summed E-state index contributed by atoms with van der Waals surface area (Å²) in [7, 11) is 0. The van der Waals surface area contributed by atoms with E-state index in [1.807, 2.05) is 25.1 Å². The lowest BCUT2D eigenvalue weighted by molar-refractivity contribution is -0.385. The molecular weight excluding hydrogens is 296 g/mol. The Balaban J connectivity index is 2.10. The molecule has 0 heterocycles. The van der Waals surface area contributed by atoms with Crippen molar-refractivity contribution in [3.63, 3.8) is 0 Å². The van der Waals surface area contributed by atoms with Gasteiger partial charge in [0.05, 0.1) is 4.92 Å². The lowest BCUT2D eigenvalue weighted by atomic mass is 10.1. The van der Waals surface area contributed by atoms with Crippen molar-refractivity contribution in [3.8, 4) is 5.75 Å². The number of hydrogen-bond donors (Lipinski definition) is 1. The number of carbonyl (C=O) groups excluding carboxylic acids is 1. The van der Waals surface area contributed by atoms with Gasteiger partial charge in [-0.15, -0.1) is 0 Å². The van der Waals surface area contributed by atoms with Gasteiger partial charge in [-0.1, -0.05) is 31.2 Å². The molecule has 2 aromatic carbocycles. The zero-order chi connectivity index (χ0) is 16.8. The molecule has 0 radical (unpaired) electrons. The molecule has 0 bridgehead atoms. The van der Waals surface area contributed by atoms with Crippen molar-refractivity contribution in [2.45, 2.75) is 26.4 Å². The molecule has 0 aliphatic heterocycles. The zero-order valence-corrected chi connectivity index (χ0v) is 13.0. The second-order valence-electron chi connectivity index (χ2n) is 5.08. The maximum absolute atomic E-state index is 12.3. The highest BCUT2D eigenvalue weighted by Crippen LogP contribution is 2.23. The number of para-hydroxylation sites is 1. The molecule has 120 valence electrons. The molecule has 0 aliphatic carbocycles. The fourth-order valence-corrected chi connectivity index (χ4v) is 2.09. The predicted octanol–water partition coefficient (Wildman–Crippen LogP) is 3.70. The largest absolute Gasteiger partial charge is 0.481 e. The Morgan fingerprint density at radius 1 is 1.26 bits per heavy atom. The monoisotopic (exact) mass is 314 g/mol. The topological polar surface area (TPSA) is 81.5 Å². The van der Waals surface area contributed by atoms with Crippen LogP contribution in [-0.2, 0) is 4.79 Å². The average molecular weight is 314 g/mol. The summed E-state index contributed by atoms with van der Waals surface area (Å²) in [5.74, 6) is 0.263. The molecule has 0 fully saturated rings. The first kappa shape index (κ1) is 16.5. The maximum Gasteiger partial charge on any atom is 0.274 e. The molecule has 0 aromatic heterocycles. The normalized spacial score (nSPS) is 11.6. The number of amides is 1. The van der Waals surface area contributed by atoms with Crippen molar-refractivity contribution in [1.29, 1.82) is 0 Å². The van der Waals surface area contributed by atoms with E-state index in [-0.39, 0.29) is 11.6 Å². The molecule has 1 N–H and O–H groups in total. The summed E-state index contributed by atoms with van der Waals surface area (Å²) in [6.07, 6.45) is -0.188. The molecule has 1 amide bonds. The van der Waals surface area contributed by atoms with Crippen molar-refractivity contribution >= 4 is 17.3 Å². The molecule has 0 unspecified atom stereocenters. The van der Waals surface area contributed by atoms with Crippen LogP contribution in [0.5, 0.6) is 5.75 Å². The first-order valence-corrected chi connectivity index (χ1v) is 7.29. The van der Waals surface area contributed by atoms with E-state index in [0.717, 1.165) is 0 Å². The molecule has 23 heavy (non-hydrogen) atoms. The van der Waals surface area contributed by atoms with Gasteiger partial charge in [-0.05, 0) is 31.5 Å². The second kappa shape index (κ2) is 7.40. The summed E-state index contributed by atoms with van der Waals surface area (Å²) in [6, 6.07) is 13.6. The van der Waals surface area contributed by atoms with Crippen molar-refractivity contribution in [3.05, 3.63) is 64.2 Å². The molecule has 0 aliphatic rings. The van der Waals surface area contributed by atoms with E-state index < -0.39 is 11.0 Å². The van der Waals surface area contributed by atoms with Gasteiger partial charge in [0, 0.05) is 17.3 Å². The van der Waals surface area contributed by atoms with Gasteiger partial charge in [-0.2, -0.15) is 0 Å². The van der Waals surface area contributed by atoms with Crippen LogP contribution >= 0.6 is 0 Å². The van der Waals surface area contributed by atoms with Crippen molar-refractivity contribution in [2.75, 3.05) is 5.32 Å². The molecular formula is C17H18N2O4. The van der Waals surface area contributed by atoms with Gasteiger partial charge in [0.25, 0.3) is 11.6 Å². The zero-order valence-electron chi connectivity index (χ0n) is 13.0. The van der Waals surface area contributed by atoms with Gasteiger partial charge in [-0.25, -0.2) is 0 Å². The Hall–Kier alpha value is -2.89. The van der Waals surface area contributed by atoms with Crippen LogP contribution in [-0.4, -0.2) is 16.9 Å². The van der Waals surface area contributed by atoms with Crippen LogP contribution in [0.15, 0.2) is 48.5 Å². The van der Waals surface area contributed by atoms with Crippen molar-refractivity contribution in [1.82, 2.24) is 0 Å². The Labute approximate surface area is 134 Å². The van der Waals surface area contributed by atoms with E-state index in [2.05, 4.69) is 5.32 Å². The number of benzene rings is 2. The van der Waals surface area contributed by atoms with Gasteiger partial charge in [0.2, 0.25) is 0 Å². The highest BCUT2D eigenvalue weighted by molar-refractivity contribution is 5.94. The van der Waals surface area contributed by atoms with E-state index in [9.17, 15) is 14.9 Å². The smallest absolute Gasteiger partial charge is 0.274 e. The van der Waals surface area contributed by atoms with Gasteiger partial charge >= 0.3 is 0 Å². The number of carbonyl (C=O) groups is 1. The Morgan fingerprint density at radius 3 is 2.57 bits per heavy atom. The molecule has 0 saturated heterocycles. The van der Waals surface area contributed by atoms with Crippen molar-refractivity contribution < 1.29 is 14.5 Å². The fourth-order valence-electron chi connectivity index (χ4n) is 2.09. The summed E-state index contributed by atoms with van der Waals surface area (Å²) in [5, 5.41) is 13.6. The highest BCUT2D eigenvalue weighted by atomic mass is 16.6. The lowest BCUT2D eigenvalue weighted by Crippen LogP contribution is -2.32. The molecule has 6 nitrogen and oxygen atoms in total. The van der Waals surface area contributed by atoms with E-state index >= 15 is 0 Å². The second-order valence-corrected chi connectivity index (χ2v) is 5.08. The van der Waals surface area contributed by atoms with Crippen LogP contribution in [0.1, 0.15) is 18.9 Å². The standard InChI is InChI=1S/C17H18N2O4/c1-3-16(23-14-7-5-4-6-8-14)17(20)18-13-10-9-12(2)15(11-13)19(21)22/h4-11,16H,3H2,1-2H3,(H,18,20)/t16-/m0/s1. The van der Waals surface area contributed by atoms with Crippen LogP contribution in [0.25, 0.3) is 0 Å². The van der Waals surface area contributed by atoms with Crippen LogP contribution in [0, 0.1) is 17.0 Å². The summed E-state index contributed by atoms with van der Waals surface area (Å²) in [6.45, 7) is 3.49. The van der Waals surface area contributed by atoms with E-state index in [1.54, 1.807) is 31.2 Å². The van der Waals surface area contributed by atoms with Gasteiger partial charge in [0.1, 0.15) is 5.75 Å². The first-order chi connectivity index (χ1) is 11.0. The Morgan fingerprint density at radius 2 is 1.96 bits per heavy atom. The Kier molecular flexibility index (Phi) is 5.30. The molecule has 2 rings (SSSR count). The van der Waals surface area contributed by atoms with Crippen LogP contribution < -0.4 is 10.1 Å². The summed E-state index contributed by atoms with van der Waals surface area (Å²) < 4.78 is 5.65. The quantitative estimate of drug-likeness (QED) is 0.651. The van der Waals surface area contributed by atoms with Crippen LogP contribution in [0.3, 0.4) is 0 Å². The number of rotatable bonds is 6. The summed E-state index contributed by atoms with van der Waals surface area (Å²) >= 11 is 0.